The number of nitrogens with zero attached hydrogens (tertiary/aromatic N) is 2. The van der Waals surface area contributed by atoms with E-state index in [4.69, 9.17) is 11.0 Å². The number of nitrogens with one attached hydrogen (secondary N) is 1. The third kappa shape index (κ3) is 2.96. The summed E-state index contributed by atoms with van der Waals surface area (Å²) in [5.74, 6) is -0.231. The van der Waals surface area contributed by atoms with E-state index in [1.54, 1.807) is 17.6 Å². The molecule has 96 valence electrons. The van der Waals surface area contributed by atoms with Crippen LogP contribution in [0.15, 0.2) is 29.8 Å². The van der Waals surface area contributed by atoms with Gasteiger partial charge in [0.15, 0.2) is 0 Å². The molecule has 2 aromatic rings. The highest BCUT2D eigenvalue weighted by molar-refractivity contribution is 7.13. The Labute approximate surface area is 114 Å². The van der Waals surface area contributed by atoms with Crippen molar-refractivity contribution in [2.75, 3.05) is 13.1 Å². The lowest BCUT2D eigenvalue weighted by Gasteiger charge is -2.04. The normalized spacial score (nSPS) is 9.89. The van der Waals surface area contributed by atoms with Crippen LogP contribution in [0.2, 0.25) is 0 Å². The molecule has 0 saturated carbocycles. The Hall–Kier alpha value is -2.23. The van der Waals surface area contributed by atoms with Gasteiger partial charge in [0.25, 0.3) is 5.91 Å². The highest BCUT2D eigenvalue weighted by Gasteiger charge is 2.15. The van der Waals surface area contributed by atoms with Crippen molar-refractivity contribution < 1.29 is 4.79 Å². The Kier molecular flexibility index (Phi) is 4.23. The largest absolute Gasteiger partial charge is 0.349 e. The average molecular weight is 272 g/mol. The lowest BCUT2D eigenvalue weighted by molar-refractivity contribution is 0.0951. The molecule has 1 amide bonds. The minimum absolute atomic E-state index is 0.231. The van der Waals surface area contributed by atoms with Crippen LogP contribution in [-0.2, 0) is 0 Å². The molecule has 0 aliphatic heterocycles. The van der Waals surface area contributed by atoms with E-state index in [-0.39, 0.29) is 5.91 Å². The number of nitriles is 1. The maximum Gasteiger partial charge on any atom is 0.271 e. The fourth-order valence-corrected chi connectivity index (χ4v) is 2.37. The lowest BCUT2D eigenvalue weighted by atomic mass is 10.1. The van der Waals surface area contributed by atoms with Crippen LogP contribution in [0.4, 0.5) is 0 Å². The maximum atomic E-state index is 11.9. The number of hydrogen-bond acceptors (Lipinski definition) is 5. The maximum absolute atomic E-state index is 11.9. The van der Waals surface area contributed by atoms with E-state index in [1.165, 1.54) is 11.3 Å². The highest BCUT2D eigenvalue weighted by Crippen LogP contribution is 2.27. The molecule has 1 aromatic carbocycles. The van der Waals surface area contributed by atoms with Crippen LogP contribution >= 0.6 is 11.3 Å². The van der Waals surface area contributed by atoms with E-state index in [2.05, 4.69) is 16.4 Å². The second kappa shape index (κ2) is 6.09. The zero-order valence-electron chi connectivity index (χ0n) is 10.1. The second-order valence-electron chi connectivity index (χ2n) is 3.76. The Morgan fingerprint density at radius 3 is 2.79 bits per heavy atom. The van der Waals surface area contributed by atoms with Crippen LogP contribution in [-0.4, -0.2) is 24.0 Å². The van der Waals surface area contributed by atoms with Crippen molar-refractivity contribution in [1.82, 2.24) is 10.3 Å². The molecule has 0 spiro atoms. The average Bonchev–Trinajstić information content (AvgIpc) is 2.94. The number of amides is 1. The zero-order valence-corrected chi connectivity index (χ0v) is 10.9. The summed E-state index contributed by atoms with van der Waals surface area (Å²) >= 11 is 1.39. The van der Waals surface area contributed by atoms with Crippen molar-refractivity contribution in [1.29, 1.82) is 5.26 Å². The van der Waals surface area contributed by atoms with E-state index in [0.29, 0.717) is 24.3 Å². The van der Waals surface area contributed by atoms with Gasteiger partial charge in [-0.15, -0.1) is 11.3 Å². The van der Waals surface area contributed by atoms with Gasteiger partial charge in [-0.3, -0.25) is 4.79 Å². The summed E-state index contributed by atoms with van der Waals surface area (Å²) < 4.78 is 0. The van der Waals surface area contributed by atoms with E-state index in [1.807, 2.05) is 12.1 Å². The zero-order chi connectivity index (χ0) is 13.7. The van der Waals surface area contributed by atoms with Crippen LogP contribution in [0.5, 0.6) is 0 Å². The predicted octanol–water partition coefficient (Wildman–Crippen LogP) is 1.37. The molecule has 1 heterocycles. The monoisotopic (exact) mass is 272 g/mol. The van der Waals surface area contributed by atoms with Gasteiger partial charge in [0.1, 0.15) is 5.69 Å². The molecular formula is C13H12N4OS. The van der Waals surface area contributed by atoms with Crippen molar-refractivity contribution in [3.63, 3.8) is 0 Å². The lowest BCUT2D eigenvalue weighted by Crippen LogP contribution is -2.29. The van der Waals surface area contributed by atoms with Gasteiger partial charge in [-0.25, -0.2) is 4.98 Å². The van der Waals surface area contributed by atoms with Crippen LogP contribution < -0.4 is 11.1 Å². The summed E-state index contributed by atoms with van der Waals surface area (Å²) in [4.78, 5) is 16.8. The van der Waals surface area contributed by atoms with Gasteiger partial charge in [-0.1, -0.05) is 12.1 Å². The minimum Gasteiger partial charge on any atom is -0.349 e. The number of rotatable bonds is 4. The molecule has 0 aliphatic rings. The van der Waals surface area contributed by atoms with Crippen LogP contribution in [0.3, 0.4) is 0 Å². The SMILES string of the molecule is N#Cc1ccc(-c2scnc2C(=O)NCCN)cc1. The third-order valence-electron chi connectivity index (χ3n) is 2.49. The Morgan fingerprint density at radius 1 is 1.42 bits per heavy atom. The molecule has 2 rings (SSSR count). The Balaban J connectivity index is 2.28. The van der Waals surface area contributed by atoms with Crippen LogP contribution in [0.1, 0.15) is 16.1 Å². The molecule has 0 saturated heterocycles. The fourth-order valence-electron chi connectivity index (χ4n) is 1.58. The van der Waals surface area contributed by atoms with E-state index < -0.39 is 0 Å². The van der Waals surface area contributed by atoms with Gasteiger partial charge in [0, 0.05) is 13.1 Å². The summed E-state index contributed by atoms with van der Waals surface area (Å²) in [6.07, 6.45) is 0. The summed E-state index contributed by atoms with van der Waals surface area (Å²) in [5, 5.41) is 11.5. The van der Waals surface area contributed by atoms with Gasteiger partial charge >= 0.3 is 0 Å². The number of benzene rings is 1. The number of hydrogen-bond donors (Lipinski definition) is 2. The number of carbonyl (C=O) groups excluding carboxylic acids is 1. The third-order valence-corrected chi connectivity index (χ3v) is 3.36. The molecule has 0 unspecified atom stereocenters. The highest BCUT2D eigenvalue weighted by atomic mass is 32.1. The van der Waals surface area contributed by atoms with Gasteiger partial charge in [-0.2, -0.15) is 5.26 Å². The molecule has 6 heteroatoms. The minimum atomic E-state index is -0.231. The predicted molar refractivity (Wildman–Crippen MR) is 73.7 cm³/mol. The molecule has 19 heavy (non-hydrogen) atoms. The molecule has 3 N–H and O–H groups in total. The van der Waals surface area contributed by atoms with Crippen molar-refractivity contribution >= 4 is 17.2 Å². The molecule has 1 aromatic heterocycles. The Morgan fingerprint density at radius 2 is 2.16 bits per heavy atom. The van der Waals surface area contributed by atoms with Crippen molar-refractivity contribution in [3.8, 4) is 16.5 Å². The first-order valence-corrected chi connectivity index (χ1v) is 6.56. The number of aromatic nitrogens is 1. The van der Waals surface area contributed by atoms with Gasteiger partial charge in [0.2, 0.25) is 0 Å². The standard InChI is InChI=1S/C13H12N4OS/c14-5-6-16-13(18)11-12(19-8-17-11)10-3-1-9(7-15)2-4-10/h1-4,8H,5-6,14H2,(H,16,18). The summed E-state index contributed by atoms with van der Waals surface area (Å²) in [5.41, 5.74) is 8.83. The Bertz CT molecular complexity index is 612. The van der Waals surface area contributed by atoms with E-state index in [9.17, 15) is 4.79 Å². The van der Waals surface area contributed by atoms with E-state index >= 15 is 0 Å². The smallest absolute Gasteiger partial charge is 0.271 e. The van der Waals surface area contributed by atoms with E-state index in [0.717, 1.165) is 10.4 Å². The number of nitrogens with two attached hydrogens (primary N) is 1. The van der Waals surface area contributed by atoms with Crippen LogP contribution in [0.25, 0.3) is 10.4 Å². The number of carbonyl (C=O) groups is 1. The summed E-state index contributed by atoms with van der Waals surface area (Å²) in [6, 6.07) is 9.12. The van der Waals surface area contributed by atoms with Crippen molar-refractivity contribution in [2.24, 2.45) is 5.73 Å². The molecule has 0 fully saturated rings. The van der Waals surface area contributed by atoms with Crippen molar-refractivity contribution in [3.05, 3.63) is 41.0 Å². The molecule has 0 bridgehead atoms. The summed E-state index contributed by atoms with van der Waals surface area (Å²) in [6.45, 7) is 0.811. The quantitative estimate of drug-likeness (QED) is 0.879. The second-order valence-corrected chi connectivity index (χ2v) is 4.62. The van der Waals surface area contributed by atoms with Crippen LogP contribution in [0, 0.1) is 11.3 Å². The molecular weight excluding hydrogens is 260 g/mol. The first kappa shape index (κ1) is 13.2. The van der Waals surface area contributed by atoms with Gasteiger partial charge in [0.05, 0.1) is 22.0 Å². The first-order chi connectivity index (χ1) is 9.26. The van der Waals surface area contributed by atoms with Gasteiger partial charge in [-0.05, 0) is 17.7 Å². The molecule has 0 radical (unpaired) electrons. The first-order valence-electron chi connectivity index (χ1n) is 5.68. The summed E-state index contributed by atoms with van der Waals surface area (Å²) in [7, 11) is 0. The van der Waals surface area contributed by atoms with Crippen molar-refractivity contribution in [2.45, 2.75) is 0 Å². The van der Waals surface area contributed by atoms with Gasteiger partial charge < -0.3 is 11.1 Å². The topological polar surface area (TPSA) is 91.8 Å². The molecule has 0 aliphatic carbocycles. The molecule has 5 nitrogen and oxygen atoms in total. The fraction of sp³-hybridized carbons (Fsp3) is 0.154. The molecule has 0 atom stereocenters. The number of thiazole rings is 1.